The molecule has 1 heterocycles. The third kappa shape index (κ3) is 2.64. The molecule has 15 heavy (non-hydrogen) atoms. The van der Waals surface area contributed by atoms with Crippen molar-refractivity contribution >= 4 is 33.3 Å². The van der Waals surface area contributed by atoms with E-state index in [0.717, 1.165) is 29.7 Å². The SMILES string of the molecule is Cc1ccnc(NCC2CC(Cl)C2)c1Br. The number of rotatable bonds is 3. The molecular formula is C11H14BrClN2. The first-order chi connectivity index (χ1) is 7.16. The fraction of sp³-hybridized carbons (Fsp3) is 0.545. The second-order valence-electron chi connectivity index (χ2n) is 4.11. The summed E-state index contributed by atoms with van der Waals surface area (Å²) in [5.41, 5.74) is 1.20. The average Bonchev–Trinajstić information content (AvgIpc) is 2.17. The third-order valence-electron chi connectivity index (χ3n) is 2.82. The normalized spacial score (nSPS) is 24.7. The van der Waals surface area contributed by atoms with Crippen LogP contribution in [0.15, 0.2) is 16.7 Å². The van der Waals surface area contributed by atoms with Gasteiger partial charge in [-0.15, -0.1) is 11.6 Å². The summed E-state index contributed by atoms with van der Waals surface area (Å²) in [6.45, 7) is 3.04. The number of nitrogens with zero attached hydrogens (tertiary/aromatic N) is 1. The Labute approximate surface area is 104 Å². The Balaban J connectivity index is 1.91. The zero-order valence-corrected chi connectivity index (χ0v) is 11.0. The minimum absolute atomic E-state index is 0.394. The summed E-state index contributed by atoms with van der Waals surface area (Å²) in [6.07, 6.45) is 4.07. The smallest absolute Gasteiger partial charge is 0.140 e. The van der Waals surface area contributed by atoms with Gasteiger partial charge in [0.25, 0.3) is 0 Å². The zero-order chi connectivity index (χ0) is 10.8. The predicted molar refractivity (Wildman–Crippen MR) is 67.5 cm³/mol. The van der Waals surface area contributed by atoms with Gasteiger partial charge in [-0.25, -0.2) is 4.98 Å². The Hall–Kier alpha value is -0.280. The van der Waals surface area contributed by atoms with Crippen molar-refractivity contribution in [2.45, 2.75) is 25.1 Å². The van der Waals surface area contributed by atoms with Crippen molar-refractivity contribution in [2.24, 2.45) is 5.92 Å². The molecule has 1 fully saturated rings. The van der Waals surface area contributed by atoms with Crippen molar-refractivity contribution in [3.8, 4) is 0 Å². The molecule has 0 bridgehead atoms. The molecule has 1 aliphatic rings. The summed E-state index contributed by atoms with van der Waals surface area (Å²) < 4.78 is 1.06. The lowest BCUT2D eigenvalue weighted by Crippen LogP contribution is -2.30. The minimum atomic E-state index is 0.394. The van der Waals surface area contributed by atoms with E-state index in [-0.39, 0.29) is 0 Å². The van der Waals surface area contributed by atoms with Gasteiger partial charge < -0.3 is 5.32 Å². The number of aryl methyl sites for hydroxylation is 1. The highest BCUT2D eigenvalue weighted by atomic mass is 79.9. The van der Waals surface area contributed by atoms with Gasteiger partial charge in [0.05, 0.1) is 4.47 Å². The van der Waals surface area contributed by atoms with Gasteiger partial charge in [0, 0.05) is 18.1 Å². The number of pyridine rings is 1. The number of hydrogen-bond acceptors (Lipinski definition) is 2. The van der Waals surface area contributed by atoms with Crippen LogP contribution < -0.4 is 5.32 Å². The number of nitrogens with one attached hydrogen (secondary N) is 1. The highest BCUT2D eigenvalue weighted by molar-refractivity contribution is 9.10. The maximum atomic E-state index is 5.93. The lowest BCUT2D eigenvalue weighted by atomic mass is 9.85. The Kier molecular flexibility index (Phi) is 3.52. The molecule has 1 N–H and O–H groups in total. The molecule has 1 aliphatic carbocycles. The number of aromatic nitrogens is 1. The molecule has 82 valence electrons. The van der Waals surface area contributed by atoms with Crippen molar-refractivity contribution in [3.05, 3.63) is 22.3 Å². The molecule has 0 radical (unpaired) electrons. The second kappa shape index (κ2) is 4.71. The van der Waals surface area contributed by atoms with E-state index < -0.39 is 0 Å². The molecule has 0 unspecified atom stereocenters. The standard InChI is InChI=1S/C11H14BrClN2/c1-7-2-3-14-11(10(7)12)15-6-8-4-9(13)5-8/h2-3,8-9H,4-6H2,1H3,(H,14,15). The van der Waals surface area contributed by atoms with Crippen molar-refractivity contribution in [3.63, 3.8) is 0 Å². The van der Waals surface area contributed by atoms with Gasteiger partial charge in [-0.3, -0.25) is 0 Å². The molecule has 1 aromatic rings. The van der Waals surface area contributed by atoms with E-state index in [1.54, 1.807) is 0 Å². The zero-order valence-electron chi connectivity index (χ0n) is 8.63. The molecule has 4 heteroatoms. The fourth-order valence-corrected chi connectivity index (χ4v) is 2.60. The number of alkyl halides is 1. The first-order valence-corrected chi connectivity index (χ1v) is 6.39. The van der Waals surface area contributed by atoms with Gasteiger partial charge in [-0.2, -0.15) is 0 Å². The molecule has 1 saturated carbocycles. The second-order valence-corrected chi connectivity index (χ2v) is 5.52. The van der Waals surface area contributed by atoms with E-state index in [0.29, 0.717) is 11.3 Å². The maximum absolute atomic E-state index is 5.93. The van der Waals surface area contributed by atoms with Crippen LogP contribution in [0.2, 0.25) is 0 Å². The van der Waals surface area contributed by atoms with Crippen LogP contribution >= 0.6 is 27.5 Å². The number of halogens is 2. The van der Waals surface area contributed by atoms with Crippen LogP contribution in [0.5, 0.6) is 0 Å². The minimum Gasteiger partial charge on any atom is -0.369 e. The molecule has 2 rings (SSSR count). The first-order valence-electron chi connectivity index (χ1n) is 5.16. The van der Waals surface area contributed by atoms with Gasteiger partial charge in [-0.1, -0.05) is 0 Å². The topological polar surface area (TPSA) is 24.9 Å². The number of hydrogen-bond donors (Lipinski definition) is 1. The van der Waals surface area contributed by atoms with Crippen molar-refractivity contribution < 1.29 is 0 Å². The molecule has 0 saturated heterocycles. The fourth-order valence-electron chi connectivity index (χ4n) is 1.73. The van der Waals surface area contributed by atoms with Crippen LogP contribution in [-0.2, 0) is 0 Å². The molecule has 0 atom stereocenters. The quantitative estimate of drug-likeness (QED) is 0.860. The number of anilines is 1. The van der Waals surface area contributed by atoms with E-state index in [9.17, 15) is 0 Å². The summed E-state index contributed by atoms with van der Waals surface area (Å²) in [7, 11) is 0. The van der Waals surface area contributed by atoms with E-state index >= 15 is 0 Å². The molecule has 0 spiro atoms. The van der Waals surface area contributed by atoms with Crippen molar-refractivity contribution in [1.29, 1.82) is 0 Å². The largest absolute Gasteiger partial charge is 0.369 e. The lowest BCUT2D eigenvalue weighted by Gasteiger charge is -2.31. The Morgan fingerprint density at radius 3 is 3.00 bits per heavy atom. The Morgan fingerprint density at radius 2 is 2.33 bits per heavy atom. The third-order valence-corrected chi connectivity index (χ3v) is 4.18. The molecule has 2 nitrogen and oxygen atoms in total. The van der Waals surface area contributed by atoms with Crippen LogP contribution in [0, 0.1) is 12.8 Å². The van der Waals surface area contributed by atoms with E-state index in [2.05, 4.69) is 33.2 Å². The summed E-state index contributed by atoms with van der Waals surface area (Å²) in [5.74, 6) is 1.65. The van der Waals surface area contributed by atoms with Crippen LogP contribution in [-0.4, -0.2) is 16.9 Å². The van der Waals surface area contributed by atoms with Gasteiger partial charge in [0.1, 0.15) is 5.82 Å². The van der Waals surface area contributed by atoms with Gasteiger partial charge in [0.15, 0.2) is 0 Å². The molecule has 0 aromatic carbocycles. The summed E-state index contributed by atoms with van der Waals surface area (Å²) in [4.78, 5) is 4.30. The van der Waals surface area contributed by atoms with Gasteiger partial charge in [-0.05, 0) is 53.2 Å². The monoisotopic (exact) mass is 288 g/mol. The van der Waals surface area contributed by atoms with E-state index in [1.807, 2.05) is 12.3 Å². The highest BCUT2D eigenvalue weighted by Gasteiger charge is 2.26. The summed E-state index contributed by atoms with van der Waals surface area (Å²) in [5, 5.41) is 3.75. The van der Waals surface area contributed by atoms with Crippen LogP contribution in [0.25, 0.3) is 0 Å². The van der Waals surface area contributed by atoms with Crippen LogP contribution in [0.1, 0.15) is 18.4 Å². The van der Waals surface area contributed by atoms with E-state index in [1.165, 1.54) is 5.56 Å². The van der Waals surface area contributed by atoms with Crippen molar-refractivity contribution in [1.82, 2.24) is 4.98 Å². The summed E-state index contributed by atoms with van der Waals surface area (Å²) in [6, 6.07) is 1.99. The van der Waals surface area contributed by atoms with Gasteiger partial charge in [0.2, 0.25) is 0 Å². The Bertz CT molecular complexity index is 350. The predicted octanol–water partition coefficient (Wildman–Crippen LogP) is 3.58. The van der Waals surface area contributed by atoms with Gasteiger partial charge >= 0.3 is 0 Å². The molecular weight excluding hydrogens is 275 g/mol. The maximum Gasteiger partial charge on any atom is 0.140 e. The molecule has 1 aromatic heterocycles. The lowest BCUT2D eigenvalue weighted by molar-refractivity contribution is 0.341. The molecule has 0 aliphatic heterocycles. The average molecular weight is 290 g/mol. The highest BCUT2D eigenvalue weighted by Crippen LogP contribution is 2.32. The van der Waals surface area contributed by atoms with E-state index in [4.69, 9.17) is 11.6 Å². The summed E-state index contributed by atoms with van der Waals surface area (Å²) >= 11 is 9.46. The van der Waals surface area contributed by atoms with Crippen LogP contribution in [0.3, 0.4) is 0 Å². The molecule has 0 amide bonds. The van der Waals surface area contributed by atoms with Crippen LogP contribution in [0.4, 0.5) is 5.82 Å². The van der Waals surface area contributed by atoms with Crippen molar-refractivity contribution in [2.75, 3.05) is 11.9 Å². The first kappa shape index (κ1) is 11.2. The Morgan fingerprint density at radius 1 is 1.60 bits per heavy atom.